The van der Waals surface area contributed by atoms with Crippen LogP contribution in [0.25, 0.3) is 0 Å². The third kappa shape index (κ3) is 4.44. The van der Waals surface area contributed by atoms with Crippen LogP contribution < -0.4 is 10.1 Å². The van der Waals surface area contributed by atoms with Crippen molar-refractivity contribution in [1.82, 2.24) is 5.32 Å². The number of nitrogens with one attached hydrogen (secondary N) is 1. The molecule has 0 aromatic heterocycles. The summed E-state index contributed by atoms with van der Waals surface area (Å²) in [6, 6.07) is 5.34. The summed E-state index contributed by atoms with van der Waals surface area (Å²) in [7, 11) is 1.50. The second-order valence-corrected chi connectivity index (χ2v) is 7.68. The molecule has 1 aliphatic carbocycles. The molecule has 0 heterocycles. The first-order valence-electron chi connectivity index (χ1n) is 7.81. The number of hydrogen-bond donors (Lipinski definition) is 1. The molecule has 21 heavy (non-hydrogen) atoms. The highest BCUT2D eigenvalue weighted by Gasteiger charge is 2.41. The van der Waals surface area contributed by atoms with Gasteiger partial charge < -0.3 is 10.1 Å². The van der Waals surface area contributed by atoms with Crippen LogP contribution in [0.4, 0.5) is 4.39 Å². The van der Waals surface area contributed by atoms with Crippen molar-refractivity contribution in [3.8, 4) is 5.75 Å². The SMILES string of the molecule is COc1ccc(CC(C)(CNC(C)(C)C)C2CC2)cc1F. The maximum Gasteiger partial charge on any atom is 0.165 e. The molecule has 1 N–H and O–H groups in total. The molecule has 0 saturated heterocycles. The van der Waals surface area contributed by atoms with Crippen molar-refractivity contribution in [2.24, 2.45) is 11.3 Å². The summed E-state index contributed by atoms with van der Waals surface area (Å²) in [6.45, 7) is 9.86. The van der Waals surface area contributed by atoms with E-state index in [0.29, 0.717) is 5.75 Å². The van der Waals surface area contributed by atoms with E-state index in [2.05, 4.69) is 33.0 Å². The van der Waals surface area contributed by atoms with E-state index in [9.17, 15) is 4.39 Å². The summed E-state index contributed by atoms with van der Waals surface area (Å²) in [4.78, 5) is 0. The van der Waals surface area contributed by atoms with Crippen LogP contribution in [0.3, 0.4) is 0 Å². The van der Waals surface area contributed by atoms with E-state index in [-0.39, 0.29) is 16.8 Å². The smallest absolute Gasteiger partial charge is 0.165 e. The Bertz CT molecular complexity index is 490. The van der Waals surface area contributed by atoms with Crippen LogP contribution in [0.15, 0.2) is 18.2 Å². The lowest BCUT2D eigenvalue weighted by Gasteiger charge is -2.34. The van der Waals surface area contributed by atoms with Crippen molar-refractivity contribution >= 4 is 0 Å². The zero-order valence-electron chi connectivity index (χ0n) is 13.9. The van der Waals surface area contributed by atoms with Gasteiger partial charge in [0, 0.05) is 12.1 Å². The predicted molar refractivity (Wildman–Crippen MR) is 85.2 cm³/mol. The third-order valence-corrected chi connectivity index (χ3v) is 4.41. The molecule has 2 rings (SSSR count). The van der Waals surface area contributed by atoms with Crippen molar-refractivity contribution in [2.75, 3.05) is 13.7 Å². The van der Waals surface area contributed by atoms with E-state index in [1.165, 1.54) is 20.0 Å². The Kier molecular flexibility index (Phi) is 4.62. The number of rotatable bonds is 6. The first-order valence-corrected chi connectivity index (χ1v) is 7.81. The molecule has 0 amide bonds. The molecule has 0 aliphatic heterocycles. The highest BCUT2D eigenvalue weighted by atomic mass is 19.1. The summed E-state index contributed by atoms with van der Waals surface area (Å²) in [5.41, 5.74) is 1.36. The summed E-state index contributed by atoms with van der Waals surface area (Å²) in [5, 5.41) is 3.62. The number of ether oxygens (including phenoxy) is 1. The second-order valence-electron chi connectivity index (χ2n) is 7.68. The van der Waals surface area contributed by atoms with Crippen LogP contribution in [0.1, 0.15) is 46.1 Å². The van der Waals surface area contributed by atoms with E-state index >= 15 is 0 Å². The van der Waals surface area contributed by atoms with Crippen molar-refractivity contribution in [3.63, 3.8) is 0 Å². The van der Waals surface area contributed by atoms with Gasteiger partial charge in [-0.25, -0.2) is 4.39 Å². The van der Waals surface area contributed by atoms with Gasteiger partial charge in [0.1, 0.15) is 0 Å². The maximum atomic E-state index is 13.9. The predicted octanol–water partition coefficient (Wildman–Crippen LogP) is 4.18. The van der Waals surface area contributed by atoms with Gasteiger partial charge in [-0.05, 0) is 69.1 Å². The first kappa shape index (κ1) is 16.3. The fourth-order valence-electron chi connectivity index (χ4n) is 2.88. The monoisotopic (exact) mass is 293 g/mol. The largest absolute Gasteiger partial charge is 0.494 e. The molecular formula is C18H28FNO. The van der Waals surface area contributed by atoms with Crippen LogP contribution in [-0.2, 0) is 6.42 Å². The maximum absolute atomic E-state index is 13.9. The van der Waals surface area contributed by atoms with E-state index in [4.69, 9.17) is 4.74 Å². The third-order valence-electron chi connectivity index (χ3n) is 4.41. The van der Waals surface area contributed by atoms with Gasteiger partial charge in [0.15, 0.2) is 11.6 Å². The lowest BCUT2D eigenvalue weighted by Crippen LogP contribution is -2.44. The van der Waals surface area contributed by atoms with E-state index < -0.39 is 0 Å². The van der Waals surface area contributed by atoms with Crippen molar-refractivity contribution in [1.29, 1.82) is 0 Å². The van der Waals surface area contributed by atoms with E-state index in [0.717, 1.165) is 24.4 Å². The summed E-state index contributed by atoms with van der Waals surface area (Å²) < 4.78 is 18.9. The average Bonchev–Trinajstić information content (AvgIpc) is 3.20. The highest BCUT2D eigenvalue weighted by molar-refractivity contribution is 5.30. The van der Waals surface area contributed by atoms with Gasteiger partial charge >= 0.3 is 0 Å². The molecule has 3 heteroatoms. The van der Waals surface area contributed by atoms with E-state index in [1.54, 1.807) is 12.1 Å². The number of halogens is 1. The lowest BCUT2D eigenvalue weighted by molar-refractivity contribution is 0.227. The zero-order valence-corrected chi connectivity index (χ0v) is 13.9. The molecule has 1 unspecified atom stereocenters. The van der Waals surface area contributed by atoms with Crippen molar-refractivity contribution < 1.29 is 9.13 Å². The highest BCUT2D eigenvalue weighted by Crippen LogP contribution is 2.47. The van der Waals surface area contributed by atoms with Gasteiger partial charge in [-0.2, -0.15) is 0 Å². The Morgan fingerprint density at radius 3 is 2.38 bits per heavy atom. The first-order chi connectivity index (χ1) is 9.73. The van der Waals surface area contributed by atoms with Crippen LogP contribution in [0, 0.1) is 17.2 Å². The van der Waals surface area contributed by atoms with Gasteiger partial charge in [0.05, 0.1) is 7.11 Å². The van der Waals surface area contributed by atoms with Crippen LogP contribution >= 0.6 is 0 Å². The molecule has 0 spiro atoms. The lowest BCUT2D eigenvalue weighted by atomic mass is 9.78. The molecule has 1 atom stereocenters. The van der Waals surface area contributed by atoms with Gasteiger partial charge in [-0.3, -0.25) is 0 Å². The Labute approximate surface area is 128 Å². The van der Waals surface area contributed by atoms with Crippen LogP contribution in [0.2, 0.25) is 0 Å². The Hall–Kier alpha value is -1.09. The van der Waals surface area contributed by atoms with Crippen LogP contribution in [0.5, 0.6) is 5.75 Å². The van der Waals surface area contributed by atoms with Gasteiger partial charge in [-0.15, -0.1) is 0 Å². The fourth-order valence-corrected chi connectivity index (χ4v) is 2.88. The topological polar surface area (TPSA) is 21.3 Å². The molecule has 2 nitrogen and oxygen atoms in total. The van der Waals surface area contributed by atoms with Gasteiger partial charge in [-0.1, -0.05) is 13.0 Å². The van der Waals surface area contributed by atoms with Crippen LogP contribution in [-0.4, -0.2) is 19.2 Å². The Balaban J connectivity index is 2.10. The zero-order chi connectivity index (χ0) is 15.7. The average molecular weight is 293 g/mol. The van der Waals surface area contributed by atoms with E-state index in [1.807, 2.05) is 6.07 Å². The normalized spacial score (nSPS) is 18.4. The fraction of sp³-hybridized carbons (Fsp3) is 0.667. The Morgan fingerprint density at radius 1 is 1.24 bits per heavy atom. The summed E-state index contributed by atoms with van der Waals surface area (Å²) in [6.07, 6.45) is 3.49. The minimum Gasteiger partial charge on any atom is -0.494 e. The summed E-state index contributed by atoms with van der Waals surface area (Å²) >= 11 is 0. The number of hydrogen-bond acceptors (Lipinski definition) is 2. The van der Waals surface area contributed by atoms with Crippen molar-refractivity contribution in [2.45, 2.75) is 52.5 Å². The second kappa shape index (κ2) is 5.96. The molecule has 1 aromatic rings. The minimum absolute atomic E-state index is 0.112. The number of methoxy groups -OCH3 is 1. The molecule has 1 aromatic carbocycles. The van der Waals surface area contributed by atoms with Crippen molar-refractivity contribution in [3.05, 3.63) is 29.6 Å². The summed E-state index contributed by atoms with van der Waals surface area (Å²) in [5.74, 6) is 0.800. The molecule has 1 aliphatic rings. The quantitative estimate of drug-likeness (QED) is 0.849. The molecule has 0 radical (unpaired) electrons. The number of benzene rings is 1. The molecule has 1 fully saturated rings. The molecule has 1 saturated carbocycles. The standard InChI is InChI=1S/C18H28FNO/c1-17(2,3)20-12-18(4,14-7-8-14)11-13-6-9-16(21-5)15(19)10-13/h6,9-10,14,20H,7-8,11-12H2,1-5H3. The Morgan fingerprint density at radius 2 is 1.90 bits per heavy atom. The van der Waals surface area contributed by atoms with Gasteiger partial charge in [0.2, 0.25) is 0 Å². The molecule has 0 bridgehead atoms. The molecule has 118 valence electrons. The van der Waals surface area contributed by atoms with Gasteiger partial charge in [0.25, 0.3) is 0 Å². The molecular weight excluding hydrogens is 265 g/mol. The minimum atomic E-state index is -0.267.